The second-order valence-electron chi connectivity index (χ2n) is 4.70. The summed E-state index contributed by atoms with van der Waals surface area (Å²) < 4.78 is 5.26. The molecule has 0 saturated carbocycles. The molecule has 0 fully saturated rings. The van der Waals surface area contributed by atoms with Crippen molar-refractivity contribution in [3.05, 3.63) is 58.7 Å². The predicted molar refractivity (Wildman–Crippen MR) is 92.2 cm³/mol. The predicted octanol–water partition coefficient (Wildman–Crippen LogP) is 4.31. The molecular formula is C15H13Cl2N5O. The van der Waals surface area contributed by atoms with Crippen LogP contribution in [0, 0.1) is 0 Å². The number of hydrogen-bond donors (Lipinski definition) is 3. The smallest absolute Gasteiger partial charge is 0.159 e. The zero-order valence-corrected chi connectivity index (χ0v) is 13.4. The highest BCUT2D eigenvalue weighted by Crippen LogP contribution is 2.29. The normalized spacial score (nSPS) is 10.5. The van der Waals surface area contributed by atoms with E-state index in [1.54, 1.807) is 24.5 Å². The molecular weight excluding hydrogens is 337 g/mol. The minimum absolute atomic E-state index is 0.384. The summed E-state index contributed by atoms with van der Waals surface area (Å²) in [6, 6.07) is 8.78. The van der Waals surface area contributed by atoms with Crippen molar-refractivity contribution in [2.45, 2.75) is 6.54 Å². The highest BCUT2D eigenvalue weighted by Gasteiger charge is 2.09. The molecule has 8 heteroatoms. The fourth-order valence-electron chi connectivity index (χ4n) is 1.98. The van der Waals surface area contributed by atoms with Crippen molar-refractivity contribution in [1.29, 1.82) is 0 Å². The molecule has 0 aliphatic heterocycles. The van der Waals surface area contributed by atoms with Crippen LogP contribution in [0.2, 0.25) is 10.0 Å². The van der Waals surface area contributed by atoms with E-state index in [0.717, 1.165) is 5.76 Å². The summed E-state index contributed by atoms with van der Waals surface area (Å²) in [6.07, 6.45) is 3.02. The molecule has 2 aromatic heterocycles. The largest absolute Gasteiger partial charge is 0.467 e. The fraction of sp³-hybridized carbons (Fsp3) is 0.0667. The van der Waals surface area contributed by atoms with E-state index in [2.05, 4.69) is 20.6 Å². The van der Waals surface area contributed by atoms with Gasteiger partial charge in [0, 0.05) is 15.7 Å². The Morgan fingerprint density at radius 1 is 1.09 bits per heavy atom. The summed E-state index contributed by atoms with van der Waals surface area (Å²) >= 11 is 12.0. The summed E-state index contributed by atoms with van der Waals surface area (Å²) in [4.78, 5) is 8.28. The van der Waals surface area contributed by atoms with Crippen LogP contribution >= 0.6 is 23.2 Å². The van der Waals surface area contributed by atoms with E-state index < -0.39 is 0 Å². The molecule has 6 nitrogen and oxygen atoms in total. The van der Waals surface area contributed by atoms with Gasteiger partial charge in [-0.1, -0.05) is 23.2 Å². The van der Waals surface area contributed by atoms with Crippen LogP contribution in [0.4, 0.5) is 23.0 Å². The number of benzene rings is 1. The molecule has 4 N–H and O–H groups in total. The Kier molecular flexibility index (Phi) is 4.55. The molecule has 0 spiro atoms. The Bertz CT molecular complexity index is 787. The molecule has 0 saturated heterocycles. The van der Waals surface area contributed by atoms with E-state index in [9.17, 15) is 0 Å². The number of aromatic nitrogens is 2. The standard InChI is InChI=1S/C15H13Cl2N5O/c16-9-4-10(17)6-11(5-9)22-15-13(18)14(20-8-21-15)19-7-12-2-1-3-23-12/h1-6,8H,7,18H2,(H2,19,20,21,22). The molecule has 0 atom stereocenters. The van der Waals surface area contributed by atoms with Crippen LogP contribution < -0.4 is 16.4 Å². The lowest BCUT2D eigenvalue weighted by molar-refractivity contribution is 0.518. The topological polar surface area (TPSA) is 89.0 Å². The molecule has 0 unspecified atom stereocenters. The van der Waals surface area contributed by atoms with Crippen molar-refractivity contribution >= 4 is 46.2 Å². The van der Waals surface area contributed by atoms with Crippen LogP contribution in [0.5, 0.6) is 0 Å². The van der Waals surface area contributed by atoms with Crippen molar-refractivity contribution in [2.75, 3.05) is 16.4 Å². The number of furan rings is 1. The fourth-order valence-corrected chi connectivity index (χ4v) is 2.51. The molecule has 1 aromatic carbocycles. The number of rotatable bonds is 5. The second kappa shape index (κ2) is 6.76. The third-order valence-corrected chi connectivity index (χ3v) is 3.46. The van der Waals surface area contributed by atoms with Crippen molar-refractivity contribution in [2.24, 2.45) is 0 Å². The number of nitrogen functional groups attached to an aromatic ring is 1. The van der Waals surface area contributed by atoms with Gasteiger partial charge in [0.2, 0.25) is 0 Å². The van der Waals surface area contributed by atoms with Gasteiger partial charge in [-0.05, 0) is 30.3 Å². The third kappa shape index (κ3) is 3.85. The lowest BCUT2D eigenvalue weighted by Crippen LogP contribution is -2.07. The van der Waals surface area contributed by atoms with E-state index in [4.69, 9.17) is 33.4 Å². The quantitative estimate of drug-likeness (QED) is 0.635. The zero-order chi connectivity index (χ0) is 16.2. The van der Waals surface area contributed by atoms with Gasteiger partial charge in [0.15, 0.2) is 11.6 Å². The van der Waals surface area contributed by atoms with Crippen LogP contribution in [0.3, 0.4) is 0 Å². The van der Waals surface area contributed by atoms with Gasteiger partial charge in [-0.3, -0.25) is 0 Å². The average Bonchev–Trinajstić information content (AvgIpc) is 3.00. The van der Waals surface area contributed by atoms with Crippen molar-refractivity contribution in [3.8, 4) is 0 Å². The van der Waals surface area contributed by atoms with E-state index in [0.29, 0.717) is 39.6 Å². The summed E-state index contributed by atoms with van der Waals surface area (Å²) in [7, 11) is 0. The van der Waals surface area contributed by atoms with Crippen LogP contribution in [-0.2, 0) is 6.54 Å². The first-order valence-electron chi connectivity index (χ1n) is 6.71. The molecule has 0 radical (unpaired) electrons. The monoisotopic (exact) mass is 349 g/mol. The maximum atomic E-state index is 6.10. The molecule has 0 aliphatic carbocycles. The van der Waals surface area contributed by atoms with Gasteiger partial charge in [-0.2, -0.15) is 0 Å². The van der Waals surface area contributed by atoms with Gasteiger partial charge >= 0.3 is 0 Å². The van der Waals surface area contributed by atoms with E-state index in [1.807, 2.05) is 12.1 Å². The highest BCUT2D eigenvalue weighted by molar-refractivity contribution is 6.35. The van der Waals surface area contributed by atoms with Crippen LogP contribution in [-0.4, -0.2) is 9.97 Å². The van der Waals surface area contributed by atoms with Crippen LogP contribution in [0.25, 0.3) is 0 Å². The lowest BCUT2D eigenvalue weighted by atomic mass is 10.3. The van der Waals surface area contributed by atoms with Gasteiger partial charge in [0.25, 0.3) is 0 Å². The van der Waals surface area contributed by atoms with Gasteiger partial charge in [-0.15, -0.1) is 0 Å². The number of anilines is 4. The summed E-state index contributed by atoms with van der Waals surface area (Å²) in [5.74, 6) is 1.74. The van der Waals surface area contributed by atoms with Crippen LogP contribution in [0.1, 0.15) is 5.76 Å². The maximum absolute atomic E-state index is 6.10. The van der Waals surface area contributed by atoms with E-state index >= 15 is 0 Å². The molecule has 118 valence electrons. The first-order valence-corrected chi connectivity index (χ1v) is 7.47. The van der Waals surface area contributed by atoms with Gasteiger partial charge in [0.1, 0.15) is 17.8 Å². The number of nitrogens with two attached hydrogens (primary N) is 1. The highest BCUT2D eigenvalue weighted by atomic mass is 35.5. The third-order valence-electron chi connectivity index (χ3n) is 3.02. The second-order valence-corrected chi connectivity index (χ2v) is 5.57. The molecule has 0 aliphatic rings. The van der Waals surface area contributed by atoms with Gasteiger partial charge in [0.05, 0.1) is 12.8 Å². The average molecular weight is 350 g/mol. The van der Waals surface area contributed by atoms with Crippen LogP contribution in [0.15, 0.2) is 47.3 Å². The molecule has 0 amide bonds. The van der Waals surface area contributed by atoms with E-state index in [1.165, 1.54) is 6.33 Å². The lowest BCUT2D eigenvalue weighted by Gasteiger charge is -2.12. The minimum Gasteiger partial charge on any atom is -0.467 e. The first kappa shape index (κ1) is 15.5. The molecule has 23 heavy (non-hydrogen) atoms. The molecule has 3 aromatic rings. The minimum atomic E-state index is 0.384. The summed E-state index contributed by atoms with van der Waals surface area (Å²) in [5, 5.41) is 7.22. The van der Waals surface area contributed by atoms with Crippen molar-refractivity contribution in [3.63, 3.8) is 0 Å². The van der Waals surface area contributed by atoms with Crippen molar-refractivity contribution in [1.82, 2.24) is 9.97 Å². The van der Waals surface area contributed by atoms with Gasteiger partial charge < -0.3 is 20.8 Å². The molecule has 2 heterocycles. The summed E-state index contributed by atoms with van der Waals surface area (Å²) in [6.45, 7) is 0.469. The maximum Gasteiger partial charge on any atom is 0.159 e. The van der Waals surface area contributed by atoms with Crippen molar-refractivity contribution < 1.29 is 4.42 Å². The number of nitrogens with one attached hydrogen (secondary N) is 2. The Hall–Kier alpha value is -2.44. The molecule has 3 rings (SSSR count). The Morgan fingerprint density at radius 3 is 2.52 bits per heavy atom. The zero-order valence-electron chi connectivity index (χ0n) is 11.9. The Balaban J connectivity index is 1.78. The number of hydrogen-bond acceptors (Lipinski definition) is 6. The Labute approximate surface area is 142 Å². The number of halogens is 2. The first-order chi connectivity index (χ1) is 11.1. The Morgan fingerprint density at radius 2 is 1.83 bits per heavy atom. The SMILES string of the molecule is Nc1c(NCc2ccco2)ncnc1Nc1cc(Cl)cc(Cl)c1. The summed E-state index contributed by atoms with van der Waals surface area (Å²) in [5.41, 5.74) is 7.17. The van der Waals surface area contributed by atoms with Gasteiger partial charge in [-0.25, -0.2) is 9.97 Å². The van der Waals surface area contributed by atoms with E-state index in [-0.39, 0.29) is 0 Å². The molecule has 0 bridgehead atoms. The number of nitrogens with zero attached hydrogens (tertiary/aromatic N) is 2.